The maximum Gasteiger partial charge on any atom is 0.295 e. The van der Waals surface area contributed by atoms with E-state index in [4.69, 9.17) is 0 Å². The highest BCUT2D eigenvalue weighted by molar-refractivity contribution is 7.86. The molecule has 2 heterocycles. The van der Waals surface area contributed by atoms with E-state index in [-0.39, 0.29) is 16.1 Å². The van der Waals surface area contributed by atoms with Gasteiger partial charge in [0, 0.05) is 47.5 Å². The molecule has 0 atom stereocenters. The monoisotopic (exact) mass is 681 g/mol. The summed E-state index contributed by atoms with van der Waals surface area (Å²) in [5.41, 5.74) is 1.86. The Kier molecular flexibility index (Phi) is 9.12. The second-order valence-corrected chi connectivity index (χ2v) is 16.7. The van der Waals surface area contributed by atoms with Gasteiger partial charge >= 0.3 is 0 Å². The Morgan fingerprint density at radius 3 is 1.93 bits per heavy atom. The van der Waals surface area contributed by atoms with Gasteiger partial charge in [-0.15, -0.1) is 0 Å². The first-order valence-electron chi connectivity index (χ1n) is 14.7. The number of rotatable bonds is 10. The summed E-state index contributed by atoms with van der Waals surface area (Å²) in [6.45, 7) is 13.9. The molecule has 0 fully saturated rings. The lowest BCUT2D eigenvalue weighted by Gasteiger charge is -2.26. The van der Waals surface area contributed by atoms with E-state index in [0.717, 1.165) is 31.0 Å². The summed E-state index contributed by atoms with van der Waals surface area (Å²) in [6.07, 6.45) is 8.21. The third-order valence-corrected chi connectivity index (χ3v) is 11.2. The highest BCUT2D eigenvalue weighted by Gasteiger charge is 2.48. The van der Waals surface area contributed by atoms with Crippen LogP contribution in [-0.2, 0) is 41.2 Å². The lowest BCUT2D eigenvalue weighted by atomic mass is 9.80. The van der Waals surface area contributed by atoms with Crippen molar-refractivity contribution in [3.05, 3.63) is 64.9 Å². The molecule has 0 radical (unpaired) electrons. The van der Waals surface area contributed by atoms with E-state index in [1.807, 2.05) is 26.0 Å². The van der Waals surface area contributed by atoms with E-state index in [9.17, 15) is 38.9 Å². The zero-order valence-corrected chi connectivity index (χ0v) is 28.9. The molecule has 0 aliphatic carbocycles. The van der Waals surface area contributed by atoms with E-state index in [0.29, 0.717) is 35.6 Å². The van der Waals surface area contributed by atoms with Gasteiger partial charge in [0.1, 0.15) is 16.3 Å². The molecule has 45 heavy (non-hydrogen) atoms. The molecule has 2 aliphatic heterocycles. The van der Waals surface area contributed by atoms with Crippen LogP contribution in [0.2, 0.25) is 0 Å². The van der Waals surface area contributed by atoms with E-state index in [1.54, 1.807) is 44.7 Å². The quantitative estimate of drug-likeness (QED) is 0.164. The number of benzene rings is 2. The van der Waals surface area contributed by atoms with Gasteiger partial charge in [0.05, 0.1) is 15.9 Å². The van der Waals surface area contributed by atoms with Gasteiger partial charge in [-0.2, -0.15) is 29.8 Å². The fourth-order valence-corrected chi connectivity index (χ4v) is 9.12. The molecular formula is C31H41N2O9S3+. The Hall–Kier alpha value is -2.88. The zero-order chi connectivity index (χ0) is 33.9. The fourth-order valence-electron chi connectivity index (χ4n) is 6.67. The summed E-state index contributed by atoms with van der Waals surface area (Å²) in [4.78, 5) is 0.316. The summed E-state index contributed by atoms with van der Waals surface area (Å²) in [7, 11) is -14.2. The first kappa shape index (κ1) is 35.0. The molecule has 11 nitrogen and oxygen atoms in total. The van der Waals surface area contributed by atoms with Gasteiger partial charge in [0.15, 0.2) is 5.71 Å². The van der Waals surface area contributed by atoms with Crippen LogP contribution in [-0.4, -0.2) is 62.3 Å². The summed E-state index contributed by atoms with van der Waals surface area (Å²) in [5, 5.41) is 0. The molecule has 2 aromatic rings. The molecule has 0 saturated heterocycles. The predicted molar refractivity (Wildman–Crippen MR) is 173 cm³/mol. The molecule has 3 N–H and O–H groups in total. The van der Waals surface area contributed by atoms with Crippen LogP contribution in [0.25, 0.3) is 0 Å². The Balaban J connectivity index is 1.92. The average Bonchev–Trinajstić information content (AvgIpc) is 3.24. The average molecular weight is 682 g/mol. The number of fused-ring (bicyclic) bond motifs is 2. The second-order valence-electron chi connectivity index (χ2n) is 12.5. The second kappa shape index (κ2) is 11.7. The summed E-state index contributed by atoms with van der Waals surface area (Å²) in [6, 6.07) is 5.33. The van der Waals surface area contributed by atoms with Crippen LogP contribution >= 0.6 is 0 Å². The van der Waals surface area contributed by atoms with Crippen LogP contribution < -0.4 is 4.90 Å². The van der Waals surface area contributed by atoms with Gasteiger partial charge < -0.3 is 4.90 Å². The number of likely N-dealkylation sites (N-methyl/N-ethyl adjacent to an activating group) is 1. The van der Waals surface area contributed by atoms with Gasteiger partial charge in [-0.1, -0.05) is 33.3 Å². The molecular weight excluding hydrogens is 641 g/mol. The van der Waals surface area contributed by atoms with Crippen molar-refractivity contribution in [2.24, 2.45) is 0 Å². The third-order valence-electron chi connectivity index (χ3n) is 8.64. The molecule has 2 aliphatic rings. The molecule has 0 unspecified atom stereocenters. The molecule has 0 saturated carbocycles. The van der Waals surface area contributed by atoms with E-state index in [2.05, 4.69) is 11.5 Å². The van der Waals surface area contributed by atoms with E-state index < -0.39 is 51.0 Å². The highest BCUT2D eigenvalue weighted by atomic mass is 32.2. The van der Waals surface area contributed by atoms with Gasteiger partial charge in [-0.05, 0) is 64.0 Å². The topological polar surface area (TPSA) is 169 Å². The minimum absolute atomic E-state index is 0.137. The van der Waals surface area contributed by atoms with Crippen molar-refractivity contribution < 1.29 is 43.5 Å². The highest BCUT2D eigenvalue weighted by Crippen LogP contribution is 2.51. The lowest BCUT2D eigenvalue weighted by molar-refractivity contribution is -0.438. The maximum atomic E-state index is 12.5. The van der Waals surface area contributed by atoms with Gasteiger partial charge in [0.2, 0.25) is 5.69 Å². The van der Waals surface area contributed by atoms with Crippen molar-refractivity contribution in [1.29, 1.82) is 0 Å². The van der Waals surface area contributed by atoms with Gasteiger partial charge in [-0.25, -0.2) is 0 Å². The maximum absolute atomic E-state index is 12.5. The predicted octanol–water partition coefficient (Wildman–Crippen LogP) is 5.56. The van der Waals surface area contributed by atoms with E-state index >= 15 is 0 Å². The number of anilines is 1. The Bertz CT molecular complexity index is 1990. The largest absolute Gasteiger partial charge is 0.344 e. The minimum Gasteiger partial charge on any atom is -0.344 e. The standard InChI is InChI=1S/C31H40N2O9S3/c1-8-10-11-15-33-22-16-20(3)17-24(44(37,38)39)28(22)31(6,7)27(33)14-12-13-26-30(4,5)29-23(32(26)9-2)18-21(43(34,35)36)19-25(29)45(40,41)42/h12-14,16-19H,8-11,15H2,1-7H3,(H2-,34,35,36,37,38,39,40,41,42)/p+1. The van der Waals surface area contributed by atoms with Crippen molar-refractivity contribution in [2.45, 2.75) is 93.2 Å². The third kappa shape index (κ3) is 6.28. The first-order chi connectivity index (χ1) is 20.6. The normalized spacial score (nSPS) is 18.7. The summed E-state index contributed by atoms with van der Waals surface area (Å²) < 4.78 is 106. The Morgan fingerprint density at radius 2 is 1.40 bits per heavy atom. The molecule has 246 valence electrons. The molecule has 0 spiro atoms. The Morgan fingerprint density at radius 1 is 0.800 bits per heavy atom. The number of unbranched alkanes of at least 4 members (excludes halogenated alkanes) is 2. The van der Waals surface area contributed by atoms with Crippen molar-refractivity contribution in [2.75, 3.05) is 18.0 Å². The molecule has 0 aromatic heterocycles. The Labute approximate surface area is 266 Å². The molecule has 4 rings (SSSR count). The number of aryl methyl sites for hydroxylation is 1. The van der Waals surface area contributed by atoms with Crippen LogP contribution in [0.15, 0.2) is 62.9 Å². The van der Waals surface area contributed by atoms with Crippen LogP contribution in [0.5, 0.6) is 0 Å². The summed E-state index contributed by atoms with van der Waals surface area (Å²) in [5.74, 6) is 0. The first-order valence-corrected chi connectivity index (χ1v) is 19.0. The lowest BCUT2D eigenvalue weighted by Crippen LogP contribution is -2.29. The van der Waals surface area contributed by atoms with Crippen LogP contribution in [0.3, 0.4) is 0 Å². The summed E-state index contributed by atoms with van der Waals surface area (Å²) >= 11 is 0. The molecule has 14 heteroatoms. The van der Waals surface area contributed by atoms with Crippen LogP contribution in [0.1, 0.15) is 77.5 Å². The minimum atomic E-state index is -4.88. The van der Waals surface area contributed by atoms with Crippen LogP contribution in [0.4, 0.5) is 11.4 Å². The van der Waals surface area contributed by atoms with Crippen molar-refractivity contribution >= 4 is 47.4 Å². The molecule has 2 aromatic carbocycles. The van der Waals surface area contributed by atoms with Crippen molar-refractivity contribution in [3.8, 4) is 0 Å². The number of allylic oxidation sites excluding steroid dienone is 4. The molecule has 0 amide bonds. The number of hydrogen-bond donors (Lipinski definition) is 3. The van der Waals surface area contributed by atoms with Gasteiger partial charge in [-0.3, -0.25) is 13.7 Å². The van der Waals surface area contributed by atoms with Crippen molar-refractivity contribution in [1.82, 2.24) is 0 Å². The van der Waals surface area contributed by atoms with E-state index in [1.165, 1.54) is 12.1 Å². The number of hydrogen-bond acceptors (Lipinski definition) is 7. The smallest absolute Gasteiger partial charge is 0.295 e. The van der Waals surface area contributed by atoms with Crippen LogP contribution in [0, 0.1) is 6.92 Å². The fraction of sp³-hybridized carbons (Fsp3) is 0.452. The zero-order valence-electron chi connectivity index (χ0n) is 26.5. The van der Waals surface area contributed by atoms with Gasteiger partial charge in [0.25, 0.3) is 30.4 Å². The van der Waals surface area contributed by atoms with Crippen molar-refractivity contribution in [3.63, 3.8) is 0 Å². The SMILES string of the molecule is CCCCC[N+]1=C(C=CC=C2N(CC)c3cc(S(=O)(=O)O)cc(S(=O)(=O)O)c3C2(C)C)C(C)(C)c2c1cc(C)cc2S(=O)(=O)O. The number of nitrogens with zero attached hydrogens (tertiary/aromatic N) is 2. The molecule has 0 bridgehead atoms.